The maximum Gasteiger partial charge on any atom is 0.307 e. The van der Waals surface area contributed by atoms with E-state index < -0.39 is 0 Å². The molecule has 2 aromatic rings. The maximum absolute atomic E-state index is 11.9. The van der Waals surface area contributed by atoms with Crippen LogP contribution < -0.4 is 5.32 Å². The first kappa shape index (κ1) is 18.4. The molecule has 0 radical (unpaired) electrons. The highest BCUT2D eigenvalue weighted by molar-refractivity contribution is 7.13. The number of thiazole rings is 1. The minimum atomic E-state index is -0.319. The number of aromatic nitrogens is 1. The Morgan fingerprint density at radius 2 is 2.08 bits per heavy atom. The van der Waals surface area contributed by atoms with E-state index in [9.17, 15) is 9.59 Å². The van der Waals surface area contributed by atoms with E-state index in [2.05, 4.69) is 10.3 Å². The van der Waals surface area contributed by atoms with Gasteiger partial charge in [0.05, 0.1) is 29.7 Å². The lowest BCUT2D eigenvalue weighted by molar-refractivity contribution is -0.147. The Balaban J connectivity index is 1.83. The molecule has 1 N–H and O–H groups in total. The van der Waals surface area contributed by atoms with Gasteiger partial charge in [0.25, 0.3) is 0 Å². The molecule has 0 atom stereocenters. The van der Waals surface area contributed by atoms with E-state index in [1.165, 1.54) is 11.3 Å². The van der Waals surface area contributed by atoms with E-state index in [1.807, 2.05) is 23.6 Å². The number of rotatable bonds is 7. The van der Waals surface area contributed by atoms with Crippen molar-refractivity contribution in [2.24, 2.45) is 0 Å². The molecule has 0 spiro atoms. The molecule has 1 amide bonds. The average Bonchev–Trinajstić information content (AvgIpc) is 2.95. The van der Waals surface area contributed by atoms with Gasteiger partial charge in [-0.05, 0) is 19.9 Å². The van der Waals surface area contributed by atoms with Crippen LogP contribution in [0.1, 0.15) is 26.0 Å². The molecule has 128 valence electrons. The predicted octanol–water partition coefficient (Wildman–Crippen LogP) is 3.46. The van der Waals surface area contributed by atoms with Crippen molar-refractivity contribution in [1.82, 2.24) is 10.3 Å². The third-order valence-corrected chi connectivity index (χ3v) is 4.27. The van der Waals surface area contributed by atoms with E-state index in [0.29, 0.717) is 10.7 Å². The number of halogens is 1. The number of ether oxygens (including phenoxy) is 1. The molecule has 7 heteroatoms. The second kappa shape index (κ2) is 8.80. The molecule has 0 fully saturated rings. The van der Waals surface area contributed by atoms with Crippen LogP contribution in [0.15, 0.2) is 29.6 Å². The zero-order valence-corrected chi connectivity index (χ0v) is 15.1. The number of benzene rings is 1. The van der Waals surface area contributed by atoms with Gasteiger partial charge in [0, 0.05) is 17.5 Å². The Labute approximate surface area is 150 Å². The number of nitrogens with zero attached hydrogens (tertiary/aromatic N) is 1. The topological polar surface area (TPSA) is 68.3 Å². The third-order valence-electron chi connectivity index (χ3n) is 3.02. The highest BCUT2D eigenvalue weighted by Gasteiger charge is 2.11. The first-order valence-corrected chi connectivity index (χ1v) is 8.87. The van der Waals surface area contributed by atoms with E-state index >= 15 is 0 Å². The predicted molar refractivity (Wildman–Crippen MR) is 95.1 cm³/mol. The minimum absolute atomic E-state index is 0.147. The van der Waals surface area contributed by atoms with Crippen molar-refractivity contribution in [1.29, 1.82) is 0 Å². The zero-order chi connectivity index (χ0) is 17.5. The minimum Gasteiger partial charge on any atom is -0.463 e. The summed E-state index contributed by atoms with van der Waals surface area (Å²) in [5.74, 6) is -0.497. The highest BCUT2D eigenvalue weighted by atomic mass is 35.5. The zero-order valence-electron chi connectivity index (χ0n) is 13.5. The van der Waals surface area contributed by atoms with Crippen LogP contribution >= 0.6 is 22.9 Å². The molecule has 0 saturated heterocycles. The Kier molecular flexibility index (Phi) is 6.75. The molecule has 0 aliphatic carbocycles. The van der Waals surface area contributed by atoms with Crippen molar-refractivity contribution in [3.8, 4) is 10.6 Å². The molecule has 1 aromatic heterocycles. The number of hydrogen-bond acceptors (Lipinski definition) is 5. The van der Waals surface area contributed by atoms with Crippen LogP contribution in [0.2, 0.25) is 5.02 Å². The smallest absolute Gasteiger partial charge is 0.307 e. The Bertz CT molecular complexity index is 715. The standard InChI is InChI=1S/C17H19ClN2O3S/c1-11(2)23-16(22)7-8-19-15(21)9-12-10-24-17(20-12)13-5-3-4-6-14(13)18/h3-6,10-11H,7-9H2,1-2H3,(H,19,21). The van der Waals surface area contributed by atoms with Crippen LogP contribution in [0, 0.1) is 0 Å². The van der Waals surface area contributed by atoms with Crippen LogP contribution in [0.4, 0.5) is 0 Å². The molecule has 5 nitrogen and oxygen atoms in total. The molecular formula is C17H19ClN2O3S. The van der Waals surface area contributed by atoms with Gasteiger partial charge in [-0.2, -0.15) is 0 Å². The third kappa shape index (κ3) is 5.62. The SMILES string of the molecule is CC(C)OC(=O)CCNC(=O)Cc1csc(-c2ccccc2Cl)n1. The van der Waals surface area contributed by atoms with Crippen LogP contribution in [-0.2, 0) is 20.7 Å². The van der Waals surface area contributed by atoms with Gasteiger partial charge in [-0.1, -0.05) is 29.8 Å². The summed E-state index contributed by atoms with van der Waals surface area (Å²) in [4.78, 5) is 27.7. The van der Waals surface area contributed by atoms with Crippen LogP contribution in [0.3, 0.4) is 0 Å². The molecule has 2 rings (SSSR count). The van der Waals surface area contributed by atoms with Gasteiger partial charge in [0.1, 0.15) is 5.01 Å². The first-order valence-electron chi connectivity index (χ1n) is 7.61. The molecule has 24 heavy (non-hydrogen) atoms. The van der Waals surface area contributed by atoms with Gasteiger partial charge in [-0.15, -0.1) is 11.3 Å². The van der Waals surface area contributed by atoms with Gasteiger partial charge >= 0.3 is 5.97 Å². The van der Waals surface area contributed by atoms with Crippen LogP contribution in [-0.4, -0.2) is 29.5 Å². The number of amides is 1. The highest BCUT2D eigenvalue weighted by Crippen LogP contribution is 2.30. The van der Waals surface area contributed by atoms with Crippen LogP contribution in [0.5, 0.6) is 0 Å². The number of nitrogens with one attached hydrogen (secondary N) is 1. The first-order chi connectivity index (χ1) is 11.5. The summed E-state index contributed by atoms with van der Waals surface area (Å²) < 4.78 is 5.00. The number of esters is 1. The molecule has 0 aliphatic heterocycles. The van der Waals surface area contributed by atoms with Gasteiger partial charge in [0.15, 0.2) is 0 Å². The molecule has 1 heterocycles. The van der Waals surface area contributed by atoms with E-state index in [0.717, 1.165) is 10.6 Å². The number of carbonyl (C=O) groups excluding carboxylic acids is 2. The molecule has 0 saturated carbocycles. The van der Waals surface area contributed by atoms with Gasteiger partial charge in [-0.3, -0.25) is 9.59 Å². The fraction of sp³-hybridized carbons (Fsp3) is 0.353. The number of hydrogen-bond donors (Lipinski definition) is 1. The van der Waals surface area contributed by atoms with Crippen molar-refractivity contribution >= 4 is 34.8 Å². The van der Waals surface area contributed by atoms with Gasteiger partial charge in [-0.25, -0.2) is 4.98 Å². The normalized spacial score (nSPS) is 10.7. The van der Waals surface area contributed by atoms with Crippen LogP contribution in [0.25, 0.3) is 10.6 Å². The van der Waals surface area contributed by atoms with E-state index in [-0.39, 0.29) is 37.4 Å². The van der Waals surface area contributed by atoms with Gasteiger partial charge in [0.2, 0.25) is 5.91 Å². The lowest BCUT2D eigenvalue weighted by atomic mass is 10.2. The summed E-state index contributed by atoms with van der Waals surface area (Å²) in [6.07, 6.45) is 0.179. The van der Waals surface area contributed by atoms with E-state index in [1.54, 1.807) is 19.9 Å². The summed E-state index contributed by atoms with van der Waals surface area (Å²) in [6, 6.07) is 7.45. The second-order valence-corrected chi connectivity index (χ2v) is 6.70. The Morgan fingerprint density at radius 3 is 2.79 bits per heavy atom. The fourth-order valence-electron chi connectivity index (χ4n) is 2.00. The summed E-state index contributed by atoms with van der Waals surface area (Å²) in [5.41, 5.74) is 1.53. The number of carbonyl (C=O) groups is 2. The summed E-state index contributed by atoms with van der Waals surface area (Å²) in [5, 5.41) is 5.95. The lowest BCUT2D eigenvalue weighted by Gasteiger charge is -2.08. The molecule has 0 unspecified atom stereocenters. The Morgan fingerprint density at radius 1 is 1.33 bits per heavy atom. The molecule has 1 aromatic carbocycles. The van der Waals surface area contributed by atoms with Gasteiger partial charge < -0.3 is 10.1 Å². The molecular weight excluding hydrogens is 348 g/mol. The summed E-state index contributed by atoms with van der Waals surface area (Å²) >= 11 is 7.60. The van der Waals surface area contributed by atoms with Crippen molar-refractivity contribution in [3.63, 3.8) is 0 Å². The van der Waals surface area contributed by atoms with E-state index in [4.69, 9.17) is 16.3 Å². The van der Waals surface area contributed by atoms with Crippen molar-refractivity contribution in [2.75, 3.05) is 6.54 Å². The monoisotopic (exact) mass is 366 g/mol. The lowest BCUT2D eigenvalue weighted by Crippen LogP contribution is -2.28. The average molecular weight is 367 g/mol. The largest absolute Gasteiger partial charge is 0.463 e. The fourth-order valence-corrected chi connectivity index (χ4v) is 3.14. The molecule has 0 bridgehead atoms. The second-order valence-electron chi connectivity index (χ2n) is 5.44. The summed E-state index contributed by atoms with van der Waals surface area (Å²) in [7, 11) is 0. The molecule has 0 aliphatic rings. The van der Waals surface area contributed by atoms with Crippen molar-refractivity contribution in [3.05, 3.63) is 40.4 Å². The maximum atomic E-state index is 11.9. The summed E-state index contributed by atoms with van der Waals surface area (Å²) in [6.45, 7) is 3.83. The Hall–Kier alpha value is -1.92. The van der Waals surface area contributed by atoms with Crippen molar-refractivity contribution < 1.29 is 14.3 Å². The van der Waals surface area contributed by atoms with Crippen molar-refractivity contribution in [2.45, 2.75) is 32.8 Å². The quantitative estimate of drug-likeness (QED) is 0.762.